The van der Waals surface area contributed by atoms with Gasteiger partial charge in [0.25, 0.3) is 0 Å². The normalized spacial score (nSPS) is 15.6. The zero-order valence-corrected chi connectivity index (χ0v) is 11.0. The van der Waals surface area contributed by atoms with Crippen LogP contribution in [-0.4, -0.2) is 44.9 Å². The second-order valence-corrected chi connectivity index (χ2v) is 4.62. The molecule has 1 aliphatic heterocycles. The van der Waals surface area contributed by atoms with Crippen molar-refractivity contribution in [2.24, 2.45) is 0 Å². The first-order chi connectivity index (χ1) is 8.81. The molecule has 0 fully saturated rings. The average Bonchev–Trinajstić information content (AvgIpc) is 2.39. The second kappa shape index (κ2) is 6.73. The molecule has 4 nitrogen and oxygen atoms in total. The molecule has 0 saturated heterocycles. The van der Waals surface area contributed by atoms with Crippen LogP contribution in [0.4, 0.5) is 5.69 Å². The van der Waals surface area contributed by atoms with E-state index in [1.54, 1.807) is 7.11 Å². The molecule has 1 aromatic rings. The second-order valence-electron chi connectivity index (χ2n) is 4.62. The summed E-state index contributed by atoms with van der Waals surface area (Å²) in [6.07, 6.45) is 1.04. The van der Waals surface area contributed by atoms with E-state index in [-0.39, 0.29) is 0 Å². The summed E-state index contributed by atoms with van der Waals surface area (Å²) in [5.41, 5.74) is 9.61. The summed E-state index contributed by atoms with van der Waals surface area (Å²) in [5, 5.41) is 0. The van der Waals surface area contributed by atoms with Gasteiger partial charge in [-0.05, 0) is 23.6 Å². The van der Waals surface area contributed by atoms with E-state index in [4.69, 9.17) is 15.2 Å². The maximum absolute atomic E-state index is 5.98. The molecule has 0 bridgehead atoms. The minimum atomic E-state index is 0.666. The highest BCUT2D eigenvalue weighted by Crippen LogP contribution is 2.23. The van der Waals surface area contributed by atoms with Crippen LogP contribution in [0.2, 0.25) is 0 Å². The smallest absolute Gasteiger partial charge is 0.0700 e. The molecular formula is C14H22N2O2. The highest BCUT2D eigenvalue weighted by molar-refractivity contribution is 5.51. The van der Waals surface area contributed by atoms with Crippen LogP contribution in [0, 0.1) is 0 Å². The van der Waals surface area contributed by atoms with Crippen LogP contribution in [0.25, 0.3) is 0 Å². The molecule has 0 saturated carbocycles. The zero-order valence-electron chi connectivity index (χ0n) is 11.0. The Morgan fingerprint density at radius 1 is 1.28 bits per heavy atom. The van der Waals surface area contributed by atoms with E-state index in [2.05, 4.69) is 11.0 Å². The third-order valence-corrected chi connectivity index (χ3v) is 3.36. The number of ether oxygens (including phenoxy) is 2. The van der Waals surface area contributed by atoms with Gasteiger partial charge in [0.2, 0.25) is 0 Å². The van der Waals surface area contributed by atoms with Crippen molar-refractivity contribution in [3.63, 3.8) is 0 Å². The van der Waals surface area contributed by atoms with Crippen LogP contribution < -0.4 is 5.73 Å². The van der Waals surface area contributed by atoms with Gasteiger partial charge in [0.05, 0.1) is 19.8 Å². The number of nitrogens with zero attached hydrogens (tertiary/aromatic N) is 1. The lowest BCUT2D eigenvalue weighted by Gasteiger charge is -2.29. The van der Waals surface area contributed by atoms with Gasteiger partial charge in [-0.3, -0.25) is 4.90 Å². The molecule has 1 heterocycles. The highest BCUT2D eigenvalue weighted by atomic mass is 16.5. The molecular weight excluding hydrogens is 228 g/mol. The number of fused-ring (bicyclic) bond motifs is 1. The van der Waals surface area contributed by atoms with Gasteiger partial charge in [-0.2, -0.15) is 0 Å². The van der Waals surface area contributed by atoms with Gasteiger partial charge in [-0.15, -0.1) is 0 Å². The molecule has 18 heavy (non-hydrogen) atoms. The number of hydrogen-bond donors (Lipinski definition) is 1. The van der Waals surface area contributed by atoms with Crippen LogP contribution in [0.1, 0.15) is 11.1 Å². The van der Waals surface area contributed by atoms with Gasteiger partial charge in [0.15, 0.2) is 0 Å². The Morgan fingerprint density at radius 3 is 3.00 bits per heavy atom. The van der Waals surface area contributed by atoms with Crippen molar-refractivity contribution in [3.8, 4) is 0 Å². The summed E-state index contributed by atoms with van der Waals surface area (Å²) in [5.74, 6) is 0. The van der Waals surface area contributed by atoms with Crippen LogP contribution in [-0.2, 0) is 22.4 Å². The Labute approximate surface area is 109 Å². The number of nitrogen functional groups attached to an aromatic ring is 1. The SMILES string of the molecule is COCCOCCN1CCc2c(N)cccc2C1. The van der Waals surface area contributed by atoms with Gasteiger partial charge in [-0.25, -0.2) is 0 Å². The fourth-order valence-electron chi connectivity index (χ4n) is 2.33. The van der Waals surface area contributed by atoms with Crippen LogP contribution in [0.3, 0.4) is 0 Å². The van der Waals surface area contributed by atoms with E-state index in [1.165, 1.54) is 11.1 Å². The first kappa shape index (κ1) is 13.3. The average molecular weight is 250 g/mol. The molecule has 2 N–H and O–H groups in total. The van der Waals surface area contributed by atoms with E-state index in [0.29, 0.717) is 13.2 Å². The number of benzene rings is 1. The zero-order chi connectivity index (χ0) is 12.8. The fourth-order valence-corrected chi connectivity index (χ4v) is 2.33. The van der Waals surface area contributed by atoms with Crippen molar-refractivity contribution in [1.82, 2.24) is 4.90 Å². The molecule has 100 valence electrons. The summed E-state index contributed by atoms with van der Waals surface area (Å²) < 4.78 is 10.4. The maximum Gasteiger partial charge on any atom is 0.0700 e. The van der Waals surface area contributed by atoms with Crippen LogP contribution >= 0.6 is 0 Å². The Balaban J connectivity index is 1.78. The number of hydrogen-bond acceptors (Lipinski definition) is 4. The molecule has 0 amide bonds. The molecule has 1 aromatic carbocycles. The number of nitrogens with two attached hydrogens (primary N) is 1. The number of rotatable bonds is 6. The minimum Gasteiger partial charge on any atom is -0.398 e. The molecule has 1 aliphatic rings. The monoisotopic (exact) mass is 250 g/mol. The lowest BCUT2D eigenvalue weighted by Crippen LogP contribution is -2.33. The molecule has 0 aromatic heterocycles. The maximum atomic E-state index is 5.98. The largest absolute Gasteiger partial charge is 0.398 e. The highest BCUT2D eigenvalue weighted by Gasteiger charge is 2.17. The van der Waals surface area contributed by atoms with Crippen molar-refractivity contribution in [2.75, 3.05) is 45.8 Å². The summed E-state index contributed by atoms with van der Waals surface area (Å²) in [6, 6.07) is 6.19. The summed E-state index contributed by atoms with van der Waals surface area (Å²) in [6.45, 7) is 5.12. The van der Waals surface area contributed by atoms with Gasteiger partial charge in [0.1, 0.15) is 0 Å². The predicted octanol–water partition coefficient (Wildman–Crippen LogP) is 1.29. The van der Waals surface area contributed by atoms with E-state index in [9.17, 15) is 0 Å². The quantitative estimate of drug-likeness (QED) is 0.610. The lowest BCUT2D eigenvalue weighted by atomic mass is 9.98. The van der Waals surface area contributed by atoms with Gasteiger partial charge >= 0.3 is 0 Å². The predicted molar refractivity (Wildman–Crippen MR) is 72.5 cm³/mol. The van der Waals surface area contributed by atoms with Crippen molar-refractivity contribution in [1.29, 1.82) is 0 Å². The Bertz CT molecular complexity index is 382. The van der Waals surface area contributed by atoms with Crippen molar-refractivity contribution < 1.29 is 9.47 Å². The molecule has 4 heteroatoms. The molecule has 2 rings (SSSR count). The Hall–Kier alpha value is -1.10. The first-order valence-corrected chi connectivity index (χ1v) is 6.46. The standard InChI is InChI=1S/C14H22N2O2/c1-17-9-10-18-8-7-16-6-5-13-12(11-16)3-2-4-14(13)15/h2-4H,5-11,15H2,1H3. The van der Waals surface area contributed by atoms with E-state index >= 15 is 0 Å². The van der Waals surface area contributed by atoms with E-state index in [0.717, 1.165) is 38.3 Å². The van der Waals surface area contributed by atoms with Crippen molar-refractivity contribution in [2.45, 2.75) is 13.0 Å². The Kier molecular flexibility index (Phi) is 4.99. The van der Waals surface area contributed by atoms with E-state index in [1.807, 2.05) is 12.1 Å². The first-order valence-electron chi connectivity index (χ1n) is 6.46. The molecule has 0 atom stereocenters. The van der Waals surface area contributed by atoms with Crippen molar-refractivity contribution >= 4 is 5.69 Å². The molecule has 0 radical (unpaired) electrons. The molecule has 0 spiro atoms. The van der Waals surface area contributed by atoms with Crippen LogP contribution in [0.5, 0.6) is 0 Å². The summed E-state index contributed by atoms with van der Waals surface area (Å²) in [7, 11) is 1.69. The third kappa shape index (κ3) is 3.45. The summed E-state index contributed by atoms with van der Waals surface area (Å²) >= 11 is 0. The van der Waals surface area contributed by atoms with Crippen molar-refractivity contribution in [3.05, 3.63) is 29.3 Å². The fraction of sp³-hybridized carbons (Fsp3) is 0.571. The van der Waals surface area contributed by atoms with Gasteiger partial charge in [0, 0.05) is 32.4 Å². The van der Waals surface area contributed by atoms with Gasteiger partial charge in [-0.1, -0.05) is 12.1 Å². The lowest BCUT2D eigenvalue weighted by molar-refractivity contribution is 0.0552. The molecule has 0 aliphatic carbocycles. The van der Waals surface area contributed by atoms with Gasteiger partial charge < -0.3 is 15.2 Å². The number of anilines is 1. The molecule has 0 unspecified atom stereocenters. The third-order valence-electron chi connectivity index (χ3n) is 3.36. The van der Waals surface area contributed by atoms with Crippen LogP contribution in [0.15, 0.2) is 18.2 Å². The topological polar surface area (TPSA) is 47.7 Å². The number of methoxy groups -OCH3 is 1. The minimum absolute atomic E-state index is 0.666. The van der Waals surface area contributed by atoms with E-state index < -0.39 is 0 Å². The summed E-state index contributed by atoms with van der Waals surface area (Å²) in [4.78, 5) is 2.41. The Morgan fingerprint density at radius 2 is 2.17 bits per heavy atom.